The van der Waals surface area contributed by atoms with Gasteiger partial charge in [0.1, 0.15) is 11.6 Å². The van der Waals surface area contributed by atoms with Crippen molar-refractivity contribution in [3.05, 3.63) is 68.1 Å². The molecule has 2 rings (SSSR count). The molecule has 1 nitrogen and oxygen atoms in total. The molecule has 0 aliphatic heterocycles. The van der Waals surface area contributed by atoms with E-state index in [1.807, 2.05) is 0 Å². The third-order valence-corrected chi connectivity index (χ3v) is 3.62. The molecule has 0 aliphatic carbocycles. The fourth-order valence-electron chi connectivity index (χ4n) is 1.83. The summed E-state index contributed by atoms with van der Waals surface area (Å²) in [7, 11) is 0. The smallest absolute Gasteiger partial charge is 0.129 e. The summed E-state index contributed by atoms with van der Waals surface area (Å²) in [6.07, 6.45) is -0.879. The largest absolute Gasteiger partial charge is 0.388 e. The highest BCUT2D eigenvalue weighted by atomic mass is 79.9. The van der Waals surface area contributed by atoms with Crippen molar-refractivity contribution >= 4 is 31.9 Å². The molecule has 0 fully saturated rings. The van der Waals surface area contributed by atoms with E-state index < -0.39 is 17.7 Å². The lowest BCUT2D eigenvalue weighted by atomic mass is 10.0. The standard InChI is InChI=1S/C14H10Br2F2O/c15-9-1-2-13(18)12(7-9)14(19)5-8-3-10(16)6-11(17)4-8/h1-4,6-7,14,19H,5H2. The Kier molecular flexibility index (Phi) is 4.71. The number of benzene rings is 2. The van der Waals surface area contributed by atoms with Gasteiger partial charge in [0.2, 0.25) is 0 Å². The average molecular weight is 392 g/mol. The molecule has 1 unspecified atom stereocenters. The summed E-state index contributed by atoms with van der Waals surface area (Å²) < 4.78 is 28.1. The summed E-state index contributed by atoms with van der Waals surface area (Å²) in [5.41, 5.74) is 0.786. The van der Waals surface area contributed by atoms with Gasteiger partial charge >= 0.3 is 0 Å². The van der Waals surface area contributed by atoms with E-state index in [1.165, 1.54) is 24.3 Å². The molecule has 0 amide bonds. The zero-order valence-corrected chi connectivity index (χ0v) is 12.9. The van der Waals surface area contributed by atoms with Crippen molar-refractivity contribution in [2.75, 3.05) is 0 Å². The molecule has 5 heteroatoms. The molecule has 2 aromatic carbocycles. The normalized spacial score (nSPS) is 12.5. The van der Waals surface area contributed by atoms with E-state index in [1.54, 1.807) is 12.1 Å². The summed E-state index contributed by atoms with van der Waals surface area (Å²) in [4.78, 5) is 0. The van der Waals surface area contributed by atoms with Crippen LogP contribution in [0.4, 0.5) is 8.78 Å². The third kappa shape index (κ3) is 3.84. The molecule has 0 spiro atoms. The first-order chi connectivity index (χ1) is 8.95. The Morgan fingerprint density at radius 2 is 1.74 bits per heavy atom. The molecule has 2 aromatic rings. The maximum atomic E-state index is 13.6. The van der Waals surface area contributed by atoms with Gasteiger partial charge in [-0.05, 0) is 42.0 Å². The van der Waals surface area contributed by atoms with Crippen molar-refractivity contribution in [3.63, 3.8) is 0 Å². The summed E-state index contributed by atoms with van der Waals surface area (Å²) in [5, 5.41) is 10.1. The Labute approximate surface area is 126 Å². The van der Waals surface area contributed by atoms with E-state index >= 15 is 0 Å². The van der Waals surface area contributed by atoms with E-state index in [0.717, 1.165) is 0 Å². The van der Waals surface area contributed by atoms with Gasteiger partial charge in [-0.15, -0.1) is 0 Å². The lowest BCUT2D eigenvalue weighted by molar-refractivity contribution is 0.173. The van der Waals surface area contributed by atoms with Crippen LogP contribution in [0.25, 0.3) is 0 Å². The molecule has 100 valence electrons. The zero-order chi connectivity index (χ0) is 14.0. The maximum absolute atomic E-state index is 13.6. The molecule has 0 heterocycles. The summed E-state index contributed by atoms with van der Waals surface area (Å²) in [6, 6.07) is 8.71. The highest BCUT2D eigenvalue weighted by Gasteiger charge is 2.14. The van der Waals surface area contributed by atoms with Crippen molar-refractivity contribution in [2.24, 2.45) is 0 Å². The quantitative estimate of drug-likeness (QED) is 0.799. The Morgan fingerprint density at radius 3 is 2.42 bits per heavy atom. The van der Waals surface area contributed by atoms with Gasteiger partial charge in [0.15, 0.2) is 0 Å². The monoisotopic (exact) mass is 390 g/mol. The molecule has 0 aromatic heterocycles. The van der Waals surface area contributed by atoms with Crippen molar-refractivity contribution in [3.8, 4) is 0 Å². The molecule has 0 radical (unpaired) electrons. The first-order valence-electron chi connectivity index (χ1n) is 5.53. The minimum absolute atomic E-state index is 0.143. The van der Waals surface area contributed by atoms with Gasteiger partial charge < -0.3 is 5.11 Å². The van der Waals surface area contributed by atoms with E-state index in [2.05, 4.69) is 31.9 Å². The highest BCUT2D eigenvalue weighted by molar-refractivity contribution is 9.10. The predicted octanol–water partition coefficient (Wildman–Crippen LogP) is 4.77. The second-order valence-electron chi connectivity index (χ2n) is 4.16. The van der Waals surface area contributed by atoms with Crippen molar-refractivity contribution in [2.45, 2.75) is 12.5 Å². The van der Waals surface area contributed by atoms with Crippen LogP contribution in [0.1, 0.15) is 17.2 Å². The van der Waals surface area contributed by atoms with E-state index in [-0.39, 0.29) is 12.0 Å². The van der Waals surface area contributed by atoms with Gasteiger partial charge in [0.25, 0.3) is 0 Å². The lowest BCUT2D eigenvalue weighted by Gasteiger charge is -2.13. The van der Waals surface area contributed by atoms with Crippen LogP contribution in [0.5, 0.6) is 0 Å². The first-order valence-corrected chi connectivity index (χ1v) is 7.12. The topological polar surface area (TPSA) is 20.2 Å². The fourth-order valence-corrected chi connectivity index (χ4v) is 2.72. The van der Waals surface area contributed by atoms with Crippen molar-refractivity contribution in [1.29, 1.82) is 0 Å². The van der Waals surface area contributed by atoms with E-state index in [0.29, 0.717) is 14.5 Å². The fraction of sp³-hybridized carbons (Fsp3) is 0.143. The highest BCUT2D eigenvalue weighted by Crippen LogP contribution is 2.26. The van der Waals surface area contributed by atoms with Gasteiger partial charge in [-0.3, -0.25) is 0 Å². The number of aliphatic hydroxyl groups is 1. The summed E-state index contributed by atoms with van der Waals surface area (Å²) >= 11 is 6.41. The second kappa shape index (κ2) is 6.11. The minimum Gasteiger partial charge on any atom is -0.388 e. The van der Waals surface area contributed by atoms with Gasteiger partial charge in [-0.1, -0.05) is 31.9 Å². The van der Waals surface area contributed by atoms with Gasteiger partial charge in [0.05, 0.1) is 6.10 Å². The lowest BCUT2D eigenvalue weighted by Crippen LogP contribution is -2.05. The maximum Gasteiger partial charge on any atom is 0.129 e. The third-order valence-electron chi connectivity index (χ3n) is 2.67. The molecule has 0 saturated carbocycles. The van der Waals surface area contributed by atoms with Crippen LogP contribution in [0.2, 0.25) is 0 Å². The number of rotatable bonds is 3. The Bertz CT molecular complexity index is 582. The van der Waals surface area contributed by atoms with Crippen LogP contribution < -0.4 is 0 Å². The number of hydrogen-bond donors (Lipinski definition) is 1. The SMILES string of the molecule is OC(Cc1cc(F)cc(Br)c1)c1cc(Br)ccc1F. The molecule has 19 heavy (non-hydrogen) atoms. The average Bonchev–Trinajstić information content (AvgIpc) is 2.30. The molecule has 0 bridgehead atoms. The summed E-state index contributed by atoms with van der Waals surface area (Å²) in [5.74, 6) is -0.877. The Balaban J connectivity index is 2.25. The van der Waals surface area contributed by atoms with Crippen LogP contribution in [0.3, 0.4) is 0 Å². The molecular formula is C14H10Br2F2O. The van der Waals surface area contributed by atoms with Gasteiger partial charge in [-0.2, -0.15) is 0 Å². The molecular weight excluding hydrogens is 382 g/mol. The number of hydrogen-bond acceptors (Lipinski definition) is 1. The van der Waals surface area contributed by atoms with E-state index in [9.17, 15) is 13.9 Å². The van der Waals surface area contributed by atoms with Crippen molar-refractivity contribution in [1.82, 2.24) is 0 Å². The Morgan fingerprint density at radius 1 is 1.00 bits per heavy atom. The number of aliphatic hydroxyl groups excluding tert-OH is 1. The van der Waals surface area contributed by atoms with Crippen LogP contribution in [-0.2, 0) is 6.42 Å². The Hall–Kier alpha value is -0.780. The summed E-state index contributed by atoms with van der Waals surface area (Å²) in [6.45, 7) is 0. The number of halogens is 4. The van der Waals surface area contributed by atoms with Crippen LogP contribution in [-0.4, -0.2) is 5.11 Å². The molecule has 0 aliphatic rings. The van der Waals surface area contributed by atoms with Crippen LogP contribution in [0, 0.1) is 11.6 Å². The van der Waals surface area contributed by atoms with Gasteiger partial charge in [-0.25, -0.2) is 8.78 Å². The molecule has 1 N–H and O–H groups in total. The van der Waals surface area contributed by atoms with E-state index in [4.69, 9.17) is 0 Å². The first kappa shape index (κ1) is 14.6. The van der Waals surface area contributed by atoms with Gasteiger partial charge in [0, 0.05) is 20.9 Å². The minimum atomic E-state index is -1.02. The molecule has 1 atom stereocenters. The van der Waals surface area contributed by atoms with Crippen molar-refractivity contribution < 1.29 is 13.9 Å². The second-order valence-corrected chi connectivity index (χ2v) is 5.99. The van der Waals surface area contributed by atoms with Crippen LogP contribution >= 0.6 is 31.9 Å². The predicted molar refractivity (Wildman–Crippen MR) is 76.9 cm³/mol. The zero-order valence-electron chi connectivity index (χ0n) is 9.71. The molecule has 0 saturated heterocycles. The van der Waals surface area contributed by atoms with Crippen LogP contribution in [0.15, 0.2) is 45.3 Å².